The Labute approximate surface area is 185 Å². The highest BCUT2D eigenvalue weighted by molar-refractivity contribution is 5.92. The predicted molar refractivity (Wildman–Crippen MR) is 121 cm³/mol. The molecule has 2 N–H and O–H groups in total. The van der Waals surface area contributed by atoms with Gasteiger partial charge >= 0.3 is 0 Å². The van der Waals surface area contributed by atoms with Crippen LogP contribution in [0.15, 0.2) is 36.5 Å². The number of nitrogens with zero attached hydrogens (tertiary/aromatic N) is 1. The van der Waals surface area contributed by atoms with Crippen molar-refractivity contribution in [3.8, 4) is 5.75 Å². The second-order valence-corrected chi connectivity index (χ2v) is 9.53. The van der Waals surface area contributed by atoms with E-state index in [2.05, 4.69) is 33.8 Å². The molecule has 1 amide bonds. The van der Waals surface area contributed by atoms with Gasteiger partial charge in [-0.05, 0) is 73.3 Å². The lowest BCUT2D eigenvalue weighted by atomic mass is 9.95. The molecule has 0 spiro atoms. The van der Waals surface area contributed by atoms with E-state index in [9.17, 15) is 4.79 Å². The van der Waals surface area contributed by atoms with Gasteiger partial charge in [-0.15, -0.1) is 0 Å². The predicted octanol–water partition coefficient (Wildman–Crippen LogP) is 4.19. The Morgan fingerprint density at radius 1 is 0.968 bits per heavy atom. The summed E-state index contributed by atoms with van der Waals surface area (Å²) in [4.78, 5) is 17.0. The molecule has 2 saturated carbocycles. The van der Waals surface area contributed by atoms with E-state index in [1.165, 1.54) is 61.6 Å². The van der Waals surface area contributed by atoms with E-state index in [0.29, 0.717) is 17.7 Å². The maximum absolute atomic E-state index is 12.7. The number of hydrogen-bond acceptors (Lipinski definition) is 4. The molecule has 3 aliphatic carbocycles. The van der Waals surface area contributed by atoms with Crippen LogP contribution >= 0.6 is 0 Å². The number of pyridine rings is 1. The largest absolute Gasteiger partial charge is 0.492 e. The van der Waals surface area contributed by atoms with E-state index in [1.54, 1.807) is 12.3 Å². The first kappa shape index (κ1) is 20.5. The van der Waals surface area contributed by atoms with Gasteiger partial charge in [-0.3, -0.25) is 4.79 Å². The molecular formula is C26H33N3O2. The van der Waals surface area contributed by atoms with Gasteiger partial charge in [-0.2, -0.15) is 0 Å². The molecule has 0 aliphatic heterocycles. The Kier molecular flexibility index (Phi) is 6.21. The zero-order valence-corrected chi connectivity index (χ0v) is 18.2. The molecule has 0 unspecified atom stereocenters. The second kappa shape index (κ2) is 9.39. The molecule has 0 saturated heterocycles. The van der Waals surface area contributed by atoms with Crippen LogP contribution in [0.4, 0.5) is 0 Å². The number of fused-ring (bicyclic) bond motifs is 1. The van der Waals surface area contributed by atoms with Gasteiger partial charge in [0.25, 0.3) is 5.91 Å². The maximum atomic E-state index is 12.7. The van der Waals surface area contributed by atoms with Crippen molar-refractivity contribution in [2.75, 3.05) is 6.61 Å². The summed E-state index contributed by atoms with van der Waals surface area (Å²) in [5.74, 6) is 1.34. The van der Waals surface area contributed by atoms with Crippen LogP contribution < -0.4 is 15.4 Å². The third kappa shape index (κ3) is 5.45. The van der Waals surface area contributed by atoms with Crippen LogP contribution in [0.1, 0.15) is 72.1 Å². The first-order chi connectivity index (χ1) is 15.2. The Bertz CT molecular complexity index is 901. The number of rotatable bonds is 8. The number of carbonyl (C=O) groups excluding carboxylic acids is 1. The molecule has 3 aliphatic rings. The minimum absolute atomic E-state index is 0.106. The highest BCUT2D eigenvalue weighted by Crippen LogP contribution is 2.29. The third-order valence-corrected chi connectivity index (χ3v) is 6.89. The summed E-state index contributed by atoms with van der Waals surface area (Å²) in [5.41, 5.74) is 4.51. The average molecular weight is 420 g/mol. The van der Waals surface area contributed by atoms with Crippen molar-refractivity contribution in [2.45, 2.75) is 76.4 Å². The minimum Gasteiger partial charge on any atom is -0.492 e. The third-order valence-electron chi connectivity index (χ3n) is 6.89. The van der Waals surface area contributed by atoms with Crippen molar-refractivity contribution in [3.63, 3.8) is 0 Å². The number of carbonyl (C=O) groups is 1. The lowest BCUT2D eigenvalue weighted by Gasteiger charge is -2.23. The fraction of sp³-hybridized carbons (Fsp3) is 0.538. The van der Waals surface area contributed by atoms with Crippen LogP contribution in [0.25, 0.3) is 0 Å². The van der Waals surface area contributed by atoms with E-state index in [0.717, 1.165) is 31.7 Å². The number of hydrogen-bond donors (Lipinski definition) is 2. The number of ether oxygens (including phenoxy) is 1. The summed E-state index contributed by atoms with van der Waals surface area (Å²) in [6.45, 7) is 1.69. The smallest absolute Gasteiger partial charge is 0.270 e. The monoisotopic (exact) mass is 419 g/mol. The molecule has 31 heavy (non-hydrogen) atoms. The topological polar surface area (TPSA) is 63.2 Å². The molecule has 1 aromatic heterocycles. The summed E-state index contributed by atoms with van der Waals surface area (Å²) in [6.07, 6.45) is 12.7. The van der Waals surface area contributed by atoms with Crippen molar-refractivity contribution in [1.29, 1.82) is 0 Å². The highest BCUT2D eigenvalue weighted by atomic mass is 16.5. The van der Waals surface area contributed by atoms with Crippen LogP contribution in [-0.2, 0) is 19.4 Å². The Hall–Kier alpha value is -2.40. The summed E-state index contributed by atoms with van der Waals surface area (Å²) < 4.78 is 5.71. The molecule has 0 radical (unpaired) electrons. The molecule has 0 bridgehead atoms. The zero-order chi connectivity index (χ0) is 21.0. The SMILES string of the molecule is O=C(N[C@@H]1Cc2ccc(CNC3CCCCC3)cc2C1)c1ccc(OCC2CC2)cn1. The molecule has 5 nitrogen and oxygen atoms in total. The molecule has 1 atom stereocenters. The summed E-state index contributed by atoms with van der Waals surface area (Å²) >= 11 is 0. The number of amides is 1. The lowest BCUT2D eigenvalue weighted by Crippen LogP contribution is -2.35. The second-order valence-electron chi connectivity index (χ2n) is 9.53. The molecule has 164 valence electrons. The molecule has 5 rings (SSSR count). The van der Waals surface area contributed by atoms with Crippen molar-refractivity contribution < 1.29 is 9.53 Å². The van der Waals surface area contributed by atoms with Crippen LogP contribution in [0, 0.1) is 5.92 Å². The van der Waals surface area contributed by atoms with Gasteiger partial charge in [0.2, 0.25) is 0 Å². The van der Waals surface area contributed by atoms with Gasteiger partial charge in [0.1, 0.15) is 11.4 Å². The first-order valence-corrected chi connectivity index (χ1v) is 12.0. The molecular weight excluding hydrogens is 386 g/mol. The number of aromatic nitrogens is 1. The Balaban J connectivity index is 1.12. The fourth-order valence-electron chi connectivity index (χ4n) is 4.81. The van der Waals surface area contributed by atoms with E-state index >= 15 is 0 Å². The van der Waals surface area contributed by atoms with Gasteiger partial charge in [0.15, 0.2) is 0 Å². The van der Waals surface area contributed by atoms with Gasteiger partial charge in [0, 0.05) is 18.6 Å². The van der Waals surface area contributed by atoms with Crippen molar-refractivity contribution in [3.05, 3.63) is 58.9 Å². The van der Waals surface area contributed by atoms with E-state index < -0.39 is 0 Å². The molecule has 1 aromatic carbocycles. The van der Waals surface area contributed by atoms with Crippen LogP contribution in [0.5, 0.6) is 5.75 Å². The quantitative estimate of drug-likeness (QED) is 0.673. The number of benzene rings is 1. The lowest BCUT2D eigenvalue weighted by molar-refractivity contribution is 0.0933. The summed E-state index contributed by atoms with van der Waals surface area (Å²) in [6, 6.07) is 11.2. The van der Waals surface area contributed by atoms with E-state index in [4.69, 9.17) is 4.74 Å². The van der Waals surface area contributed by atoms with E-state index in [-0.39, 0.29) is 11.9 Å². The minimum atomic E-state index is -0.106. The van der Waals surface area contributed by atoms with Crippen LogP contribution in [-0.4, -0.2) is 29.6 Å². The van der Waals surface area contributed by atoms with Gasteiger partial charge < -0.3 is 15.4 Å². The molecule has 2 aromatic rings. The standard InChI is InChI=1S/C26H33N3O2/c30-26(25-11-10-24(16-28-25)31-17-18-6-7-18)29-23-13-20-9-8-19(12-21(20)14-23)15-27-22-4-2-1-3-5-22/h8-12,16,18,22-23,27H,1-7,13-15,17H2,(H,29,30)/t23-/m1/s1. The maximum Gasteiger partial charge on any atom is 0.270 e. The highest BCUT2D eigenvalue weighted by Gasteiger charge is 2.25. The van der Waals surface area contributed by atoms with E-state index in [1.807, 2.05) is 6.07 Å². The number of nitrogens with one attached hydrogen (secondary N) is 2. The Morgan fingerprint density at radius 2 is 1.81 bits per heavy atom. The van der Waals surface area contributed by atoms with Crippen LogP contribution in [0.3, 0.4) is 0 Å². The first-order valence-electron chi connectivity index (χ1n) is 12.0. The fourth-order valence-corrected chi connectivity index (χ4v) is 4.81. The van der Waals surface area contributed by atoms with Crippen molar-refractivity contribution in [1.82, 2.24) is 15.6 Å². The molecule has 1 heterocycles. The van der Waals surface area contributed by atoms with Crippen molar-refractivity contribution in [2.24, 2.45) is 5.92 Å². The Morgan fingerprint density at radius 3 is 2.58 bits per heavy atom. The molecule has 2 fully saturated rings. The van der Waals surface area contributed by atoms with Gasteiger partial charge in [0.05, 0.1) is 12.8 Å². The summed E-state index contributed by atoms with van der Waals surface area (Å²) in [5, 5.41) is 6.90. The average Bonchev–Trinajstić information content (AvgIpc) is 3.55. The van der Waals surface area contributed by atoms with Crippen molar-refractivity contribution >= 4 is 5.91 Å². The normalized spacial score (nSPS) is 21.0. The summed E-state index contributed by atoms with van der Waals surface area (Å²) in [7, 11) is 0. The van der Waals surface area contributed by atoms with Gasteiger partial charge in [-0.25, -0.2) is 4.98 Å². The zero-order valence-electron chi connectivity index (χ0n) is 18.2. The van der Waals surface area contributed by atoms with Gasteiger partial charge in [-0.1, -0.05) is 37.5 Å². The van der Waals surface area contributed by atoms with Crippen LogP contribution in [0.2, 0.25) is 0 Å². The molecule has 5 heteroatoms.